The number of benzene rings is 2. The van der Waals surface area contributed by atoms with Gasteiger partial charge in [0.1, 0.15) is 0 Å². The summed E-state index contributed by atoms with van der Waals surface area (Å²) in [7, 11) is 0. The maximum atomic E-state index is 13.3. The Hall–Kier alpha value is -2.10. The molecular formula is C17H17F2NO. The molecule has 0 saturated heterocycles. The number of phenols is 1. The summed E-state index contributed by atoms with van der Waals surface area (Å²) in [5.74, 6) is -2.78. The molecule has 0 atom stereocenters. The van der Waals surface area contributed by atoms with E-state index in [9.17, 15) is 8.78 Å². The quantitative estimate of drug-likeness (QED) is 0.889. The topological polar surface area (TPSA) is 32.3 Å². The number of aryl methyl sites for hydroxylation is 1. The van der Waals surface area contributed by atoms with Gasteiger partial charge in [-0.25, -0.2) is 8.78 Å². The molecule has 1 aliphatic carbocycles. The van der Waals surface area contributed by atoms with Crippen LogP contribution >= 0.6 is 0 Å². The fraction of sp³-hybridized carbons (Fsp3) is 0.294. The van der Waals surface area contributed by atoms with Gasteiger partial charge >= 0.3 is 0 Å². The van der Waals surface area contributed by atoms with Crippen molar-refractivity contribution < 1.29 is 13.9 Å². The first kappa shape index (κ1) is 13.9. The van der Waals surface area contributed by atoms with Crippen LogP contribution in [0, 0.1) is 11.6 Å². The molecule has 0 aliphatic heterocycles. The Morgan fingerprint density at radius 2 is 1.76 bits per heavy atom. The third-order valence-electron chi connectivity index (χ3n) is 3.96. The number of nitrogens with one attached hydrogen (secondary N) is 1. The molecular weight excluding hydrogens is 272 g/mol. The van der Waals surface area contributed by atoms with Gasteiger partial charge in [-0.2, -0.15) is 0 Å². The van der Waals surface area contributed by atoms with Gasteiger partial charge in [-0.1, -0.05) is 12.1 Å². The van der Waals surface area contributed by atoms with Gasteiger partial charge in [-0.05, 0) is 60.6 Å². The van der Waals surface area contributed by atoms with E-state index in [0.29, 0.717) is 12.1 Å². The van der Waals surface area contributed by atoms with Gasteiger partial charge in [-0.3, -0.25) is 0 Å². The van der Waals surface area contributed by atoms with Gasteiger partial charge in [0.25, 0.3) is 0 Å². The molecule has 0 fully saturated rings. The molecule has 0 heterocycles. The third-order valence-corrected chi connectivity index (χ3v) is 3.96. The first-order chi connectivity index (χ1) is 10.1. The normalized spacial score (nSPS) is 13.8. The van der Waals surface area contributed by atoms with Crippen LogP contribution in [0.3, 0.4) is 0 Å². The molecule has 0 aromatic heterocycles. The van der Waals surface area contributed by atoms with Crippen molar-refractivity contribution in [2.45, 2.75) is 32.2 Å². The molecule has 0 saturated carbocycles. The van der Waals surface area contributed by atoms with Crippen LogP contribution in [0.5, 0.6) is 5.75 Å². The van der Waals surface area contributed by atoms with Gasteiger partial charge < -0.3 is 10.4 Å². The van der Waals surface area contributed by atoms with Crippen LogP contribution < -0.4 is 5.32 Å². The Balaban J connectivity index is 1.79. The van der Waals surface area contributed by atoms with E-state index < -0.39 is 17.4 Å². The van der Waals surface area contributed by atoms with E-state index in [1.165, 1.54) is 24.0 Å². The lowest BCUT2D eigenvalue weighted by molar-refractivity contribution is 0.395. The minimum absolute atomic E-state index is 0.324. The number of anilines is 1. The maximum absolute atomic E-state index is 13.3. The molecule has 0 unspecified atom stereocenters. The number of fused-ring (bicyclic) bond motifs is 1. The zero-order chi connectivity index (χ0) is 14.8. The summed E-state index contributed by atoms with van der Waals surface area (Å²) >= 11 is 0. The SMILES string of the molecule is Oc1c(F)cc(CNc2cccc3c2CCCC3)cc1F. The molecule has 1 aliphatic rings. The molecule has 2 aromatic carbocycles. The van der Waals surface area contributed by atoms with E-state index in [1.54, 1.807) is 0 Å². The van der Waals surface area contributed by atoms with Gasteiger partial charge in [0.15, 0.2) is 17.4 Å². The average molecular weight is 289 g/mol. The molecule has 21 heavy (non-hydrogen) atoms. The predicted octanol–water partition coefficient (Wildman–Crippen LogP) is 4.16. The van der Waals surface area contributed by atoms with E-state index in [0.717, 1.165) is 30.7 Å². The highest BCUT2D eigenvalue weighted by Crippen LogP contribution is 2.28. The van der Waals surface area contributed by atoms with Crippen molar-refractivity contribution in [3.8, 4) is 5.75 Å². The van der Waals surface area contributed by atoms with Crippen LogP contribution in [0.2, 0.25) is 0 Å². The minimum atomic E-state index is -0.929. The summed E-state index contributed by atoms with van der Waals surface area (Å²) in [6.07, 6.45) is 4.52. The molecule has 0 amide bonds. The van der Waals surface area contributed by atoms with Gasteiger partial charge in [0.2, 0.25) is 0 Å². The Bertz CT molecular complexity index is 647. The van der Waals surface area contributed by atoms with Crippen LogP contribution in [-0.2, 0) is 19.4 Å². The Labute approximate surface area is 122 Å². The van der Waals surface area contributed by atoms with Crippen molar-refractivity contribution in [3.05, 3.63) is 58.7 Å². The summed E-state index contributed by atoms with van der Waals surface area (Å²) in [5, 5.41) is 12.4. The number of halogens is 2. The lowest BCUT2D eigenvalue weighted by Gasteiger charge is -2.20. The molecule has 3 rings (SSSR count). The second kappa shape index (κ2) is 5.72. The Kier molecular flexibility index (Phi) is 3.78. The van der Waals surface area contributed by atoms with E-state index >= 15 is 0 Å². The summed E-state index contributed by atoms with van der Waals surface area (Å²) in [6, 6.07) is 8.45. The summed E-state index contributed by atoms with van der Waals surface area (Å²) in [6.45, 7) is 0.324. The smallest absolute Gasteiger partial charge is 0.187 e. The van der Waals surface area contributed by atoms with Crippen molar-refractivity contribution in [1.82, 2.24) is 0 Å². The number of hydrogen-bond donors (Lipinski definition) is 2. The van der Waals surface area contributed by atoms with Gasteiger partial charge in [0, 0.05) is 12.2 Å². The highest BCUT2D eigenvalue weighted by atomic mass is 19.1. The molecule has 110 valence electrons. The van der Waals surface area contributed by atoms with E-state index in [2.05, 4.69) is 11.4 Å². The lowest BCUT2D eigenvalue weighted by Crippen LogP contribution is -2.08. The zero-order valence-electron chi connectivity index (χ0n) is 11.6. The van der Waals surface area contributed by atoms with Crippen molar-refractivity contribution >= 4 is 5.69 Å². The predicted molar refractivity (Wildman–Crippen MR) is 78.4 cm³/mol. The van der Waals surface area contributed by atoms with Crippen molar-refractivity contribution in [3.63, 3.8) is 0 Å². The average Bonchev–Trinajstić information content (AvgIpc) is 2.50. The lowest BCUT2D eigenvalue weighted by atomic mass is 9.90. The second-order valence-corrected chi connectivity index (χ2v) is 5.41. The van der Waals surface area contributed by atoms with Crippen LogP contribution in [-0.4, -0.2) is 5.11 Å². The first-order valence-electron chi connectivity index (χ1n) is 7.16. The van der Waals surface area contributed by atoms with Crippen LogP contribution in [0.4, 0.5) is 14.5 Å². The molecule has 2 N–H and O–H groups in total. The Morgan fingerprint density at radius 3 is 2.52 bits per heavy atom. The summed E-state index contributed by atoms with van der Waals surface area (Å²) < 4.78 is 26.6. The van der Waals surface area contributed by atoms with E-state index in [1.807, 2.05) is 12.1 Å². The van der Waals surface area contributed by atoms with Crippen molar-refractivity contribution in [2.24, 2.45) is 0 Å². The first-order valence-corrected chi connectivity index (χ1v) is 7.16. The fourth-order valence-electron chi connectivity index (χ4n) is 2.86. The number of rotatable bonds is 3. The van der Waals surface area contributed by atoms with Crippen molar-refractivity contribution in [1.29, 1.82) is 0 Å². The standard InChI is InChI=1S/C17H17F2NO/c18-14-8-11(9-15(19)17(14)21)10-20-16-7-3-5-12-4-1-2-6-13(12)16/h3,5,7-9,20-21H,1-2,4,6,10H2. The van der Waals surface area contributed by atoms with Gasteiger partial charge in [-0.15, -0.1) is 0 Å². The second-order valence-electron chi connectivity index (χ2n) is 5.41. The third kappa shape index (κ3) is 2.84. The summed E-state index contributed by atoms with van der Waals surface area (Å²) in [5.41, 5.74) is 4.16. The van der Waals surface area contributed by atoms with Crippen LogP contribution in [0.25, 0.3) is 0 Å². The number of aromatic hydroxyl groups is 1. The van der Waals surface area contributed by atoms with E-state index in [4.69, 9.17) is 5.11 Å². The molecule has 0 bridgehead atoms. The monoisotopic (exact) mass is 289 g/mol. The molecule has 0 spiro atoms. The molecule has 2 aromatic rings. The zero-order valence-corrected chi connectivity index (χ0v) is 11.6. The molecule has 2 nitrogen and oxygen atoms in total. The van der Waals surface area contributed by atoms with E-state index in [-0.39, 0.29) is 0 Å². The maximum Gasteiger partial charge on any atom is 0.187 e. The summed E-state index contributed by atoms with van der Waals surface area (Å²) in [4.78, 5) is 0. The molecule has 4 heteroatoms. The van der Waals surface area contributed by atoms with Crippen LogP contribution in [0.15, 0.2) is 30.3 Å². The fourth-order valence-corrected chi connectivity index (χ4v) is 2.86. The van der Waals surface area contributed by atoms with Gasteiger partial charge in [0.05, 0.1) is 0 Å². The number of hydrogen-bond acceptors (Lipinski definition) is 2. The molecule has 0 radical (unpaired) electrons. The highest BCUT2D eigenvalue weighted by Gasteiger charge is 2.13. The highest BCUT2D eigenvalue weighted by molar-refractivity contribution is 5.56. The minimum Gasteiger partial charge on any atom is -0.503 e. The Morgan fingerprint density at radius 1 is 1.05 bits per heavy atom. The largest absolute Gasteiger partial charge is 0.503 e. The van der Waals surface area contributed by atoms with Crippen LogP contribution in [0.1, 0.15) is 29.5 Å². The van der Waals surface area contributed by atoms with Crippen molar-refractivity contribution in [2.75, 3.05) is 5.32 Å². The number of phenolic OH excluding ortho intramolecular Hbond substituents is 1.